The zero-order valence-electron chi connectivity index (χ0n) is 23.8. The molecule has 2 aliphatic heterocycles. The third-order valence-electron chi connectivity index (χ3n) is 7.88. The quantitative estimate of drug-likeness (QED) is 0.222. The van der Waals surface area contributed by atoms with E-state index in [1.54, 1.807) is 41.3 Å². The summed E-state index contributed by atoms with van der Waals surface area (Å²) in [5.74, 6) is -1.44. The van der Waals surface area contributed by atoms with Gasteiger partial charge < -0.3 is 25.8 Å². The lowest BCUT2D eigenvalue weighted by Gasteiger charge is -2.33. The van der Waals surface area contributed by atoms with Crippen LogP contribution in [0, 0.1) is 11.3 Å². The number of piperidine rings is 1. The number of anilines is 1. The Morgan fingerprint density at radius 3 is 2.56 bits per heavy atom. The average molecular weight is 606 g/mol. The zero-order valence-corrected chi connectivity index (χ0v) is 24.6. The summed E-state index contributed by atoms with van der Waals surface area (Å²) in [6.45, 7) is 0.831. The van der Waals surface area contributed by atoms with Gasteiger partial charge in [-0.1, -0.05) is 42.5 Å². The highest BCUT2D eigenvalue weighted by Gasteiger charge is 2.35. The molecule has 3 aromatic carbocycles. The highest BCUT2D eigenvalue weighted by Crippen LogP contribution is 2.26. The first-order chi connectivity index (χ1) is 20.5. The van der Waals surface area contributed by atoms with Gasteiger partial charge >= 0.3 is 0 Å². The van der Waals surface area contributed by atoms with Crippen LogP contribution in [0.2, 0.25) is 0 Å². The van der Waals surface area contributed by atoms with Gasteiger partial charge in [-0.25, -0.2) is 8.42 Å². The first-order valence-electron chi connectivity index (χ1n) is 14.1. The SMILES string of the molecule is CN1CC(=O)N(C[C@@H](NS(=O)(=O)c2ccc3ccccc3c2)C(=O)NCC2CCCN(C(=N)N)C2)c2ccccc2C1=O. The number of hydrogen-bond acceptors (Lipinski definition) is 6. The standard InChI is InChI=1S/C30H35N7O5S/c1-35-19-27(38)37(26-11-5-4-10-24(26)29(35)40)18-25(28(39)33-16-20-7-6-14-36(17-20)30(31)32)34-43(41,42)23-13-12-21-8-2-3-9-22(21)15-23/h2-5,8-13,15,20,25,34H,6-7,14,16-19H2,1H3,(H3,31,32)(H,33,39)/t20?,25-/m1/s1. The molecule has 5 rings (SSSR count). The first-order valence-corrected chi connectivity index (χ1v) is 15.5. The maximum Gasteiger partial charge on any atom is 0.256 e. The van der Waals surface area contributed by atoms with E-state index in [0.717, 1.165) is 23.6 Å². The van der Waals surface area contributed by atoms with Crippen molar-refractivity contribution in [3.05, 3.63) is 72.3 Å². The molecular formula is C30H35N7O5S. The molecular weight excluding hydrogens is 570 g/mol. The van der Waals surface area contributed by atoms with E-state index in [9.17, 15) is 22.8 Å². The lowest BCUT2D eigenvalue weighted by molar-refractivity contribution is -0.123. The number of likely N-dealkylation sites (tertiary alicyclic amines) is 1. The molecule has 5 N–H and O–H groups in total. The number of guanidine groups is 1. The van der Waals surface area contributed by atoms with Crippen LogP contribution in [0.4, 0.5) is 5.69 Å². The van der Waals surface area contributed by atoms with Crippen LogP contribution in [-0.4, -0.2) is 87.7 Å². The maximum atomic E-state index is 13.7. The maximum absolute atomic E-state index is 13.7. The van der Waals surface area contributed by atoms with Gasteiger partial charge in [-0.15, -0.1) is 0 Å². The van der Waals surface area contributed by atoms with Gasteiger partial charge in [-0.05, 0) is 53.8 Å². The van der Waals surface area contributed by atoms with Crippen LogP contribution < -0.4 is 20.7 Å². The van der Waals surface area contributed by atoms with E-state index >= 15 is 0 Å². The molecule has 2 aliphatic rings. The molecule has 0 aromatic heterocycles. The largest absolute Gasteiger partial charge is 0.370 e. The highest BCUT2D eigenvalue weighted by atomic mass is 32.2. The van der Waals surface area contributed by atoms with Crippen molar-refractivity contribution in [1.29, 1.82) is 5.41 Å². The fraction of sp³-hybridized carbons (Fsp3) is 0.333. The molecule has 0 radical (unpaired) electrons. The van der Waals surface area contributed by atoms with Gasteiger partial charge in [0.1, 0.15) is 12.6 Å². The number of nitrogens with zero attached hydrogens (tertiary/aromatic N) is 3. The Kier molecular flexibility index (Phi) is 8.64. The van der Waals surface area contributed by atoms with Crippen LogP contribution in [0.5, 0.6) is 0 Å². The molecule has 0 spiro atoms. The minimum Gasteiger partial charge on any atom is -0.370 e. The number of fused-ring (bicyclic) bond motifs is 2. The predicted octanol–water partition coefficient (Wildman–Crippen LogP) is 1.33. The van der Waals surface area contributed by atoms with Gasteiger partial charge in [0.05, 0.1) is 22.7 Å². The number of hydrogen-bond donors (Lipinski definition) is 4. The average Bonchev–Trinajstić information content (AvgIpc) is 3.09. The van der Waals surface area contributed by atoms with E-state index < -0.39 is 27.9 Å². The number of carbonyl (C=O) groups excluding carboxylic acids is 3. The van der Waals surface area contributed by atoms with E-state index in [1.807, 2.05) is 18.2 Å². The van der Waals surface area contributed by atoms with Crippen molar-refractivity contribution in [3.63, 3.8) is 0 Å². The summed E-state index contributed by atoms with van der Waals surface area (Å²) in [6.07, 6.45) is 1.61. The second-order valence-electron chi connectivity index (χ2n) is 11.0. The summed E-state index contributed by atoms with van der Waals surface area (Å²) < 4.78 is 29.8. The molecule has 1 fully saturated rings. The van der Waals surface area contributed by atoms with Crippen molar-refractivity contribution in [1.82, 2.24) is 19.8 Å². The number of rotatable bonds is 8. The molecule has 2 atom stereocenters. The van der Waals surface area contributed by atoms with E-state index in [1.165, 1.54) is 29.0 Å². The van der Waals surface area contributed by atoms with E-state index in [4.69, 9.17) is 11.1 Å². The molecule has 1 saturated heterocycles. The van der Waals surface area contributed by atoms with Crippen LogP contribution in [0.25, 0.3) is 10.8 Å². The summed E-state index contributed by atoms with van der Waals surface area (Å²) in [4.78, 5) is 44.3. The van der Waals surface area contributed by atoms with Gasteiger partial charge in [-0.2, -0.15) is 4.72 Å². The van der Waals surface area contributed by atoms with Crippen LogP contribution in [0.1, 0.15) is 23.2 Å². The van der Waals surface area contributed by atoms with Crippen molar-refractivity contribution >= 4 is 50.2 Å². The lowest BCUT2D eigenvalue weighted by atomic mass is 9.98. The summed E-state index contributed by atoms with van der Waals surface area (Å²) in [7, 11) is -2.70. The minimum absolute atomic E-state index is 0.00570. The van der Waals surface area contributed by atoms with Crippen molar-refractivity contribution < 1.29 is 22.8 Å². The number of sulfonamides is 1. The highest BCUT2D eigenvalue weighted by molar-refractivity contribution is 7.89. The molecule has 13 heteroatoms. The Hall–Kier alpha value is -4.49. The third-order valence-corrected chi connectivity index (χ3v) is 9.35. The number of benzene rings is 3. The van der Waals surface area contributed by atoms with Crippen LogP contribution >= 0.6 is 0 Å². The number of para-hydroxylation sites is 1. The van der Waals surface area contributed by atoms with E-state index in [2.05, 4.69) is 10.0 Å². The van der Waals surface area contributed by atoms with Gasteiger partial charge in [-0.3, -0.25) is 19.8 Å². The lowest BCUT2D eigenvalue weighted by Crippen LogP contribution is -2.55. The molecule has 0 bridgehead atoms. The Balaban J connectivity index is 1.44. The number of carbonyl (C=O) groups is 3. The van der Waals surface area contributed by atoms with Gasteiger partial charge in [0.15, 0.2) is 5.96 Å². The Bertz CT molecular complexity index is 1680. The van der Waals surface area contributed by atoms with Gasteiger partial charge in [0.25, 0.3) is 5.91 Å². The molecule has 0 saturated carbocycles. The number of likely N-dealkylation sites (N-methyl/N-ethyl adjacent to an activating group) is 1. The number of amides is 3. The second kappa shape index (κ2) is 12.4. The van der Waals surface area contributed by atoms with Crippen molar-refractivity contribution in [3.8, 4) is 0 Å². The molecule has 0 aliphatic carbocycles. The van der Waals surface area contributed by atoms with Crippen LogP contribution in [-0.2, 0) is 19.6 Å². The molecule has 3 amide bonds. The van der Waals surface area contributed by atoms with Gasteiger partial charge in [0, 0.05) is 26.7 Å². The Morgan fingerprint density at radius 1 is 1.07 bits per heavy atom. The number of nitrogens with one attached hydrogen (secondary N) is 3. The molecule has 12 nitrogen and oxygen atoms in total. The summed E-state index contributed by atoms with van der Waals surface area (Å²) in [5.41, 5.74) is 6.24. The van der Waals surface area contributed by atoms with Crippen LogP contribution in [0.3, 0.4) is 0 Å². The fourth-order valence-electron chi connectivity index (χ4n) is 5.55. The predicted molar refractivity (Wildman–Crippen MR) is 163 cm³/mol. The number of nitrogens with two attached hydrogens (primary N) is 1. The summed E-state index contributed by atoms with van der Waals surface area (Å²) in [5, 5.41) is 12.2. The van der Waals surface area contributed by atoms with E-state index in [0.29, 0.717) is 18.8 Å². The fourth-order valence-corrected chi connectivity index (χ4v) is 6.78. The molecule has 43 heavy (non-hydrogen) atoms. The normalized spacial score (nSPS) is 18.3. The van der Waals surface area contributed by atoms with Crippen molar-refractivity contribution in [2.45, 2.75) is 23.8 Å². The van der Waals surface area contributed by atoms with Crippen molar-refractivity contribution in [2.24, 2.45) is 11.7 Å². The second-order valence-corrected chi connectivity index (χ2v) is 12.7. The summed E-state index contributed by atoms with van der Waals surface area (Å²) in [6, 6.07) is 17.2. The van der Waals surface area contributed by atoms with E-state index in [-0.39, 0.29) is 47.9 Å². The summed E-state index contributed by atoms with van der Waals surface area (Å²) >= 11 is 0. The molecule has 226 valence electrons. The Labute approximate surface area is 250 Å². The van der Waals surface area contributed by atoms with Crippen LogP contribution in [0.15, 0.2) is 71.6 Å². The first kappa shape index (κ1) is 30.0. The molecule has 1 unspecified atom stereocenters. The zero-order chi connectivity index (χ0) is 30.7. The monoisotopic (exact) mass is 605 g/mol. The van der Waals surface area contributed by atoms with Gasteiger partial charge in [0.2, 0.25) is 21.8 Å². The molecule has 2 heterocycles. The van der Waals surface area contributed by atoms with Crippen molar-refractivity contribution in [2.75, 3.05) is 44.7 Å². The third kappa shape index (κ3) is 6.62. The topological polar surface area (TPSA) is 169 Å². The minimum atomic E-state index is -4.21. The Morgan fingerprint density at radius 2 is 1.79 bits per heavy atom. The smallest absolute Gasteiger partial charge is 0.256 e. The molecule has 3 aromatic rings.